The monoisotopic (exact) mass is 495 g/mol. The van der Waals surface area contributed by atoms with Crippen molar-refractivity contribution < 1.29 is 19.3 Å². The number of aliphatic hydroxyl groups is 1. The molecule has 2 aliphatic heterocycles. The second-order valence-electron chi connectivity index (χ2n) is 8.18. The lowest BCUT2D eigenvalue weighted by molar-refractivity contribution is 0.192. The molecule has 0 aliphatic carbocycles. The number of hydrogen-bond donors (Lipinski definition) is 3. The molecule has 0 amide bonds. The highest BCUT2D eigenvalue weighted by molar-refractivity contribution is 6.40. The van der Waals surface area contributed by atoms with Crippen LogP contribution in [-0.4, -0.2) is 66.9 Å². The zero-order valence-corrected chi connectivity index (χ0v) is 20.3. The van der Waals surface area contributed by atoms with Gasteiger partial charge in [-0.2, -0.15) is 4.98 Å². The maximum atomic E-state index is 11.4. The first-order chi connectivity index (χ1) is 15.8. The molecule has 0 radical (unpaired) electrons. The molecular formula is C22H27Cl2N5O4. The molecule has 1 fully saturated rings. The molecule has 11 heteroatoms. The minimum atomic E-state index is -1.08. The molecule has 3 atom stereocenters. The van der Waals surface area contributed by atoms with Crippen LogP contribution in [-0.2, 0) is 4.74 Å². The van der Waals surface area contributed by atoms with E-state index < -0.39 is 6.23 Å². The van der Waals surface area contributed by atoms with Gasteiger partial charge in [0.15, 0.2) is 6.23 Å². The summed E-state index contributed by atoms with van der Waals surface area (Å²) in [5, 5.41) is 15.2. The minimum absolute atomic E-state index is 0.0861. The molecule has 4 rings (SSSR count). The molecule has 1 aromatic heterocycles. The van der Waals surface area contributed by atoms with Gasteiger partial charge in [-0.25, -0.2) is 4.98 Å². The Bertz CT molecular complexity index is 1050. The molecule has 9 nitrogen and oxygen atoms in total. The van der Waals surface area contributed by atoms with Crippen LogP contribution in [0, 0.1) is 0 Å². The molecule has 1 unspecified atom stereocenters. The smallest absolute Gasteiger partial charge is 0.224 e. The van der Waals surface area contributed by atoms with Crippen molar-refractivity contribution in [2.45, 2.75) is 38.2 Å². The zero-order chi connectivity index (χ0) is 23.9. The molecule has 0 bridgehead atoms. The second-order valence-corrected chi connectivity index (χ2v) is 8.94. The molecule has 178 valence electrons. The number of anilines is 2. The van der Waals surface area contributed by atoms with E-state index in [2.05, 4.69) is 15.3 Å². The Labute approximate surface area is 202 Å². The first kappa shape index (κ1) is 23.8. The lowest BCUT2D eigenvalue weighted by Gasteiger charge is -2.38. The van der Waals surface area contributed by atoms with Gasteiger partial charge in [-0.3, -0.25) is 0 Å². The van der Waals surface area contributed by atoms with E-state index in [1.54, 1.807) is 23.2 Å². The summed E-state index contributed by atoms with van der Waals surface area (Å²) < 4.78 is 16.2. The SMILES string of the molecule is COc1cc(OC)c(Cl)c(C2=Cc3cnc(N[C@@H]4COC[C@@H]4N)nc3N(C(C)C)C2O)c1Cl. The van der Waals surface area contributed by atoms with E-state index in [0.717, 1.165) is 0 Å². The third kappa shape index (κ3) is 4.31. The summed E-state index contributed by atoms with van der Waals surface area (Å²) in [7, 11) is 3.01. The Hall–Kier alpha value is -2.30. The molecule has 0 saturated carbocycles. The number of halogens is 2. The van der Waals surface area contributed by atoms with Gasteiger partial charge in [-0.05, 0) is 19.9 Å². The number of hydrogen-bond acceptors (Lipinski definition) is 9. The van der Waals surface area contributed by atoms with Gasteiger partial charge in [0.25, 0.3) is 0 Å². The summed E-state index contributed by atoms with van der Waals surface area (Å²) in [6, 6.07) is 1.27. The molecule has 4 N–H and O–H groups in total. The van der Waals surface area contributed by atoms with Crippen molar-refractivity contribution in [1.82, 2.24) is 9.97 Å². The quantitative estimate of drug-likeness (QED) is 0.555. The fourth-order valence-corrected chi connectivity index (χ4v) is 4.74. The topological polar surface area (TPSA) is 115 Å². The number of nitrogens with zero attached hydrogens (tertiary/aromatic N) is 3. The van der Waals surface area contributed by atoms with E-state index >= 15 is 0 Å². The number of aliphatic hydroxyl groups excluding tert-OH is 1. The van der Waals surface area contributed by atoms with Crippen LogP contribution < -0.4 is 25.4 Å². The molecule has 2 aromatic rings. The van der Waals surface area contributed by atoms with Gasteiger partial charge in [-0.15, -0.1) is 0 Å². The lowest BCUT2D eigenvalue weighted by atomic mass is 9.96. The van der Waals surface area contributed by atoms with Gasteiger partial charge in [-0.1, -0.05) is 23.2 Å². The Kier molecular flexibility index (Phi) is 6.88. The Balaban J connectivity index is 1.82. The average Bonchev–Trinajstić information content (AvgIpc) is 3.18. The van der Waals surface area contributed by atoms with Gasteiger partial charge >= 0.3 is 0 Å². The third-order valence-electron chi connectivity index (χ3n) is 5.75. The van der Waals surface area contributed by atoms with Crippen molar-refractivity contribution in [1.29, 1.82) is 0 Å². The number of rotatable bonds is 6. The van der Waals surface area contributed by atoms with Gasteiger partial charge in [0, 0.05) is 35.0 Å². The zero-order valence-electron chi connectivity index (χ0n) is 18.8. The predicted octanol–water partition coefficient (Wildman–Crippen LogP) is 3.03. The van der Waals surface area contributed by atoms with E-state index in [9.17, 15) is 5.11 Å². The van der Waals surface area contributed by atoms with Crippen LogP contribution in [0.15, 0.2) is 12.3 Å². The lowest BCUT2D eigenvalue weighted by Crippen LogP contribution is -2.44. The summed E-state index contributed by atoms with van der Waals surface area (Å²) in [4.78, 5) is 10.9. The highest BCUT2D eigenvalue weighted by atomic mass is 35.5. The van der Waals surface area contributed by atoms with Crippen LogP contribution in [0.4, 0.5) is 11.8 Å². The summed E-state index contributed by atoms with van der Waals surface area (Å²) in [5.74, 6) is 1.75. The number of aromatic nitrogens is 2. The van der Waals surface area contributed by atoms with Crippen molar-refractivity contribution in [2.24, 2.45) is 5.73 Å². The van der Waals surface area contributed by atoms with Gasteiger partial charge in [0.2, 0.25) is 5.95 Å². The Morgan fingerprint density at radius 1 is 1.21 bits per heavy atom. The summed E-state index contributed by atoms with van der Waals surface area (Å²) in [5.41, 5.74) is 7.69. The fourth-order valence-electron chi connectivity index (χ4n) is 4.02. The van der Waals surface area contributed by atoms with Gasteiger partial charge in [0.1, 0.15) is 17.3 Å². The standard InChI is InChI=1S/C22H27Cl2N5O4/c1-10(2)29-20-11(7-26-22(28-20)27-14-9-33-8-13(14)25)5-12(21(29)30)17-18(23)15(31-3)6-16(32-4)19(17)24/h5-7,10,13-14,21,30H,8-9,25H2,1-4H3,(H,26,27,28)/t13-,14+,21?/m0/s1. The van der Waals surface area contributed by atoms with Crippen LogP contribution in [0.25, 0.3) is 11.6 Å². The van der Waals surface area contributed by atoms with Crippen molar-refractivity contribution in [3.05, 3.63) is 33.4 Å². The third-order valence-corrected chi connectivity index (χ3v) is 6.50. The van der Waals surface area contributed by atoms with Gasteiger partial charge in [0.05, 0.1) is 49.6 Å². The van der Waals surface area contributed by atoms with Crippen LogP contribution in [0.1, 0.15) is 25.0 Å². The van der Waals surface area contributed by atoms with Crippen molar-refractivity contribution >= 4 is 46.6 Å². The Morgan fingerprint density at radius 3 is 2.42 bits per heavy atom. The maximum Gasteiger partial charge on any atom is 0.224 e. The molecule has 33 heavy (non-hydrogen) atoms. The van der Waals surface area contributed by atoms with E-state index in [0.29, 0.717) is 53.2 Å². The summed E-state index contributed by atoms with van der Waals surface area (Å²) in [6.07, 6.45) is 2.38. The summed E-state index contributed by atoms with van der Waals surface area (Å²) in [6.45, 7) is 4.89. The highest BCUT2D eigenvalue weighted by Gasteiger charge is 2.35. The fraction of sp³-hybridized carbons (Fsp3) is 0.455. The number of ether oxygens (including phenoxy) is 3. The largest absolute Gasteiger partial charge is 0.495 e. The molecule has 0 spiro atoms. The first-order valence-corrected chi connectivity index (χ1v) is 11.3. The van der Waals surface area contributed by atoms with Crippen molar-refractivity contribution in [3.8, 4) is 11.5 Å². The Morgan fingerprint density at radius 2 is 1.88 bits per heavy atom. The molecular weight excluding hydrogens is 469 g/mol. The average molecular weight is 496 g/mol. The minimum Gasteiger partial charge on any atom is -0.495 e. The number of nitrogens with one attached hydrogen (secondary N) is 1. The summed E-state index contributed by atoms with van der Waals surface area (Å²) >= 11 is 13.3. The predicted molar refractivity (Wildman–Crippen MR) is 129 cm³/mol. The molecule has 3 heterocycles. The molecule has 1 saturated heterocycles. The van der Waals surface area contributed by atoms with E-state index in [-0.39, 0.29) is 28.2 Å². The number of methoxy groups -OCH3 is 2. The molecule has 1 aromatic carbocycles. The van der Waals surface area contributed by atoms with E-state index in [4.69, 9.17) is 43.1 Å². The maximum absolute atomic E-state index is 11.4. The van der Waals surface area contributed by atoms with Gasteiger partial charge < -0.3 is 35.3 Å². The normalized spacial score (nSPS) is 22.3. The van der Waals surface area contributed by atoms with Crippen LogP contribution in [0.5, 0.6) is 11.5 Å². The molecule has 2 aliphatic rings. The highest BCUT2D eigenvalue weighted by Crippen LogP contribution is 2.47. The van der Waals surface area contributed by atoms with Crippen molar-refractivity contribution in [2.75, 3.05) is 37.7 Å². The van der Waals surface area contributed by atoms with E-state index in [1.807, 2.05) is 13.8 Å². The van der Waals surface area contributed by atoms with Crippen molar-refractivity contribution in [3.63, 3.8) is 0 Å². The second kappa shape index (κ2) is 9.52. The van der Waals surface area contributed by atoms with Crippen LogP contribution in [0.2, 0.25) is 10.0 Å². The number of fused-ring (bicyclic) bond motifs is 1. The van der Waals surface area contributed by atoms with Crippen LogP contribution in [0.3, 0.4) is 0 Å². The van der Waals surface area contributed by atoms with Crippen LogP contribution >= 0.6 is 23.2 Å². The number of benzene rings is 1. The van der Waals surface area contributed by atoms with E-state index in [1.165, 1.54) is 14.2 Å². The number of nitrogens with two attached hydrogens (primary N) is 1. The first-order valence-electron chi connectivity index (χ1n) is 10.5.